The van der Waals surface area contributed by atoms with Crippen molar-refractivity contribution in [2.45, 2.75) is 20.3 Å². The Hall–Kier alpha value is -0.0800. The number of nitrogens with one attached hydrogen (secondary N) is 1. The van der Waals surface area contributed by atoms with E-state index in [2.05, 4.69) is 24.1 Å². The first-order valence-electron chi connectivity index (χ1n) is 5.67. The van der Waals surface area contributed by atoms with Crippen LogP contribution < -0.4 is 5.32 Å². The average molecular weight is 182 g/mol. The standard InChI is InChI=1S/C11H22N2/c1-9-3-10(2)7-13(6-9)8-11-4-12-5-11/h9-12H,3-8H2,1-2H3. The molecular formula is C11H22N2. The average Bonchev–Trinajstić information content (AvgIpc) is 1.95. The maximum Gasteiger partial charge on any atom is 0.00342 e. The second kappa shape index (κ2) is 3.97. The van der Waals surface area contributed by atoms with Gasteiger partial charge in [0.2, 0.25) is 0 Å². The Morgan fingerprint density at radius 3 is 2.23 bits per heavy atom. The fourth-order valence-corrected chi connectivity index (χ4v) is 2.78. The predicted octanol–water partition coefficient (Wildman–Crippen LogP) is 1.18. The number of nitrogens with zero attached hydrogens (tertiary/aromatic N) is 1. The number of hydrogen-bond acceptors (Lipinski definition) is 2. The second-order valence-electron chi connectivity index (χ2n) is 5.19. The first-order valence-corrected chi connectivity index (χ1v) is 5.67. The quantitative estimate of drug-likeness (QED) is 0.690. The Morgan fingerprint density at radius 1 is 1.15 bits per heavy atom. The van der Waals surface area contributed by atoms with E-state index in [0.717, 1.165) is 17.8 Å². The molecule has 0 bridgehead atoms. The Morgan fingerprint density at radius 2 is 1.77 bits per heavy atom. The normalized spacial score (nSPS) is 37.4. The zero-order chi connectivity index (χ0) is 9.26. The van der Waals surface area contributed by atoms with Crippen LogP contribution in [0.15, 0.2) is 0 Å². The van der Waals surface area contributed by atoms with Gasteiger partial charge in [0.15, 0.2) is 0 Å². The highest BCUT2D eigenvalue weighted by Gasteiger charge is 2.25. The minimum atomic E-state index is 0.914. The molecule has 2 fully saturated rings. The number of rotatable bonds is 2. The zero-order valence-corrected chi connectivity index (χ0v) is 8.92. The van der Waals surface area contributed by atoms with Crippen molar-refractivity contribution in [2.24, 2.45) is 17.8 Å². The number of likely N-dealkylation sites (tertiary alicyclic amines) is 1. The third-order valence-electron chi connectivity index (χ3n) is 3.33. The van der Waals surface area contributed by atoms with Crippen molar-refractivity contribution in [3.05, 3.63) is 0 Å². The van der Waals surface area contributed by atoms with E-state index in [1.165, 1.54) is 39.1 Å². The molecule has 0 radical (unpaired) electrons. The van der Waals surface area contributed by atoms with Gasteiger partial charge in [-0.3, -0.25) is 0 Å². The van der Waals surface area contributed by atoms with E-state index in [-0.39, 0.29) is 0 Å². The molecule has 2 atom stereocenters. The van der Waals surface area contributed by atoms with Gasteiger partial charge in [-0.25, -0.2) is 0 Å². The molecule has 2 heteroatoms. The molecule has 0 aliphatic carbocycles. The van der Waals surface area contributed by atoms with Crippen molar-refractivity contribution in [2.75, 3.05) is 32.7 Å². The van der Waals surface area contributed by atoms with Crippen LogP contribution in [0.3, 0.4) is 0 Å². The maximum absolute atomic E-state index is 3.35. The van der Waals surface area contributed by atoms with Crippen molar-refractivity contribution in [3.8, 4) is 0 Å². The fraction of sp³-hybridized carbons (Fsp3) is 1.00. The lowest BCUT2D eigenvalue weighted by atomic mass is 9.90. The van der Waals surface area contributed by atoms with Gasteiger partial charge in [-0.1, -0.05) is 13.8 Å². The molecular weight excluding hydrogens is 160 g/mol. The molecule has 76 valence electrons. The van der Waals surface area contributed by atoms with Crippen LogP contribution >= 0.6 is 0 Å². The van der Waals surface area contributed by atoms with Crippen molar-refractivity contribution < 1.29 is 0 Å². The van der Waals surface area contributed by atoms with E-state index in [1.54, 1.807) is 0 Å². The van der Waals surface area contributed by atoms with Crippen LogP contribution in [-0.2, 0) is 0 Å². The molecule has 0 saturated carbocycles. The molecule has 2 heterocycles. The van der Waals surface area contributed by atoms with Crippen molar-refractivity contribution >= 4 is 0 Å². The summed E-state index contributed by atoms with van der Waals surface area (Å²) in [5.74, 6) is 2.77. The minimum absolute atomic E-state index is 0.914. The van der Waals surface area contributed by atoms with Crippen LogP contribution in [0.1, 0.15) is 20.3 Å². The molecule has 2 unspecified atom stereocenters. The molecule has 2 saturated heterocycles. The second-order valence-corrected chi connectivity index (χ2v) is 5.19. The van der Waals surface area contributed by atoms with Crippen LogP contribution in [-0.4, -0.2) is 37.6 Å². The maximum atomic E-state index is 3.35. The predicted molar refractivity (Wildman–Crippen MR) is 55.7 cm³/mol. The highest BCUT2D eigenvalue weighted by molar-refractivity contribution is 4.82. The highest BCUT2D eigenvalue weighted by atomic mass is 15.2. The van der Waals surface area contributed by atoms with E-state index in [1.807, 2.05) is 0 Å². The van der Waals surface area contributed by atoms with Crippen LogP contribution in [0.4, 0.5) is 0 Å². The van der Waals surface area contributed by atoms with Crippen molar-refractivity contribution in [1.82, 2.24) is 10.2 Å². The van der Waals surface area contributed by atoms with Gasteiger partial charge in [0.05, 0.1) is 0 Å². The summed E-state index contributed by atoms with van der Waals surface area (Å²) in [6.45, 7) is 11.3. The molecule has 2 nitrogen and oxygen atoms in total. The fourth-order valence-electron chi connectivity index (χ4n) is 2.78. The number of piperidine rings is 1. The Kier molecular flexibility index (Phi) is 2.89. The molecule has 0 aromatic heterocycles. The molecule has 2 aliphatic heterocycles. The van der Waals surface area contributed by atoms with Crippen LogP contribution in [0.5, 0.6) is 0 Å². The molecule has 0 spiro atoms. The molecule has 0 aromatic rings. The Bertz CT molecular complexity index is 155. The summed E-state index contributed by atoms with van der Waals surface area (Å²) in [7, 11) is 0. The molecule has 13 heavy (non-hydrogen) atoms. The largest absolute Gasteiger partial charge is 0.316 e. The van der Waals surface area contributed by atoms with Crippen molar-refractivity contribution in [3.63, 3.8) is 0 Å². The van der Waals surface area contributed by atoms with Gasteiger partial charge in [0.25, 0.3) is 0 Å². The Labute approximate surface area is 81.7 Å². The van der Waals surface area contributed by atoms with Gasteiger partial charge in [-0.2, -0.15) is 0 Å². The van der Waals surface area contributed by atoms with Gasteiger partial charge in [-0.15, -0.1) is 0 Å². The van der Waals surface area contributed by atoms with Crippen molar-refractivity contribution in [1.29, 1.82) is 0 Å². The van der Waals surface area contributed by atoms with E-state index in [0.29, 0.717) is 0 Å². The highest BCUT2D eigenvalue weighted by Crippen LogP contribution is 2.22. The SMILES string of the molecule is CC1CC(C)CN(CC2CNC2)C1. The number of hydrogen-bond donors (Lipinski definition) is 1. The summed E-state index contributed by atoms with van der Waals surface area (Å²) in [6, 6.07) is 0. The van der Waals surface area contributed by atoms with Gasteiger partial charge in [0, 0.05) is 32.7 Å². The van der Waals surface area contributed by atoms with E-state index in [4.69, 9.17) is 0 Å². The summed E-state index contributed by atoms with van der Waals surface area (Å²) in [6.07, 6.45) is 1.43. The lowest BCUT2D eigenvalue weighted by molar-refractivity contribution is 0.108. The molecule has 0 amide bonds. The first-order chi connectivity index (χ1) is 6.24. The van der Waals surface area contributed by atoms with Gasteiger partial charge < -0.3 is 10.2 Å². The Balaban J connectivity index is 1.77. The van der Waals surface area contributed by atoms with E-state index < -0.39 is 0 Å². The summed E-state index contributed by atoms with van der Waals surface area (Å²) in [4.78, 5) is 2.67. The molecule has 2 aliphatic rings. The van der Waals surface area contributed by atoms with Crippen LogP contribution in [0, 0.1) is 17.8 Å². The summed E-state index contributed by atoms with van der Waals surface area (Å²) in [5, 5.41) is 3.35. The third-order valence-corrected chi connectivity index (χ3v) is 3.33. The lowest BCUT2D eigenvalue weighted by Crippen LogP contribution is -2.50. The van der Waals surface area contributed by atoms with Gasteiger partial charge in [0.1, 0.15) is 0 Å². The minimum Gasteiger partial charge on any atom is -0.316 e. The topological polar surface area (TPSA) is 15.3 Å². The van der Waals surface area contributed by atoms with Gasteiger partial charge in [-0.05, 0) is 24.2 Å². The van der Waals surface area contributed by atoms with Crippen LogP contribution in [0.25, 0.3) is 0 Å². The van der Waals surface area contributed by atoms with E-state index in [9.17, 15) is 0 Å². The lowest BCUT2D eigenvalue weighted by Gasteiger charge is -2.39. The third kappa shape index (κ3) is 2.44. The molecule has 1 N–H and O–H groups in total. The van der Waals surface area contributed by atoms with Gasteiger partial charge >= 0.3 is 0 Å². The summed E-state index contributed by atoms with van der Waals surface area (Å²) in [5.41, 5.74) is 0. The van der Waals surface area contributed by atoms with Crippen LogP contribution in [0.2, 0.25) is 0 Å². The summed E-state index contributed by atoms with van der Waals surface area (Å²) >= 11 is 0. The first kappa shape index (κ1) is 9.47. The molecule has 2 rings (SSSR count). The zero-order valence-electron chi connectivity index (χ0n) is 8.92. The molecule has 0 aromatic carbocycles. The monoisotopic (exact) mass is 182 g/mol. The smallest absolute Gasteiger partial charge is 0.00342 e. The summed E-state index contributed by atoms with van der Waals surface area (Å²) < 4.78 is 0. The van der Waals surface area contributed by atoms with E-state index >= 15 is 0 Å².